The van der Waals surface area contributed by atoms with Crippen LogP contribution in [0.3, 0.4) is 0 Å². The van der Waals surface area contributed by atoms with E-state index in [1.807, 2.05) is 0 Å². The zero-order valence-corrected chi connectivity index (χ0v) is 8.71. The second-order valence-electron chi connectivity index (χ2n) is 2.10. The fourth-order valence-corrected chi connectivity index (χ4v) is 0.558. The zero-order chi connectivity index (χ0) is 9.40. The minimum Gasteiger partial charge on any atom is -2.00 e. The maximum absolute atomic E-state index is 9.84. The SMILES string of the molecule is O=C([O-])CNCCNCC(=O)[O-].[O-2].[V+4]. The third kappa shape index (κ3) is 17.5. The van der Waals surface area contributed by atoms with Crippen LogP contribution in [-0.4, -0.2) is 38.1 Å². The quantitative estimate of drug-likeness (QED) is 0.432. The van der Waals surface area contributed by atoms with E-state index in [-0.39, 0.29) is 37.1 Å². The Balaban J connectivity index is -0.000000605. The first kappa shape index (κ1) is 19.1. The number of rotatable bonds is 7. The summed E-state index contributed by atoms with van der Waals surface area (Å²) < 4.78 is 0. The fraction of sp³-hybridized carbons (Fsp3) is 0.667. The Morgan fingerprint density at radius 2 is 1.21 bits per heavy atom. The summed E-state index contributed by atoms with van der Waals surface area (Å²) in [5, 5.41) is 24.7. The molecular formula is C6H10N2O5V. The van der Waals surface area contributed by atoms with Gasteiger partial charge in [-0.3, -0.25) is 0 Å². The minimum absolute atomic E-state index is 0. The molecule has 14 heavy (non-hydrogen) atoms. The molecule has 0 amide bonds. The van der Waals surface area contributed by atoms with E-state index < -0.39 is 11.9 Å². The second-order valence-corrected chi connectivity index (χ2v) is 2.10. The fourth-order valence-electron chi connectivity index (χ4n) is 0.558. The van der Waals surface area contributed by atoms with Crippen LogP contribution in [-0.2, 0) is 33.6 Å². The van der Waals surface area contributed by atoms with E-state index in [1.54, 1.807) is 0 Å². The van der Waals surface area contributed by atoms with Crippen molar-refractivity contribution in [2.75, 3.05) is 26.2 Å². The van der Waals surface area contributed by atoms with Crippen LogP contribution in [0.2, 0.25) is 0 Å². The molecule has 0 unspecified atom stereocenters. The second kappa shape index (κ2) is 12.4. The monoisotopic (exact) mass is 241 g/mol. The van der Waals surface area contributed by atoms with Gasteiger partial charge >= 0.3 is 18.6 Å². The molecule has 2 N–H and O–H groups in total. The van der Waals surface area contributed by atoms with Gasteiger partial charge in [-0.25, -0.2) is 0 Å². The van der Waals surface area contributed by atoms with Crippen molar-refractivity contribution in [1.82, 2.24) is 10.6 Å². The van der Waals surface area contributed by atoms with E-state index in [0.717, 1.165) is 0 Å². The average molecular weight is 241 g/mol. The molecule has 0 fully saturated rings. The summed E-state index contributed by atoms with van der Waals surface area (Å²) in [6.07, 6.45) is 0. The van der Waals surface area contributed by atoms with Crippen molar-refractivity contribution >= 4 is 11.9 Å². The van der Waals surface area contributed by atoms with E-state index in [2.05, 4.69) is 10.6 Å². The molecule has 0 aromatic carbocycles. The molecular weight excluding hydrogens is 231 g/mol. The Kier molecular flexibility index (Phi) is 16.9. The Labute approximate surface area is 93.1 Å². The van der Waals surface area contributed by atoms with Gasteiger partial charge in [0.15, 0.2) is 0 Å². The number of carbonyl (C=O) groups excluding carboxylic acids is 2. The number of carbonyl (C=O) groups is 2. The van der Waals surface area contributed by atoms with E-state index in [9.17, 15) is 19.8 Å². The molecule has 0 rings (SSSR count). The molecule has 0 aromatic rings. The summed E-state index contributed by atoms with van der Waals surface area (Å²) in [7, 11) is 0. The van der Waals surface area contributed by atoms with Gasteiger partial charge in [-0.15, -0.1) is 0 Å². The van der Waals surface area contributed by atoms with Crippen molar-refractivity contribution in [3.8, 4) is 0 Å². The van der Waals surface area contributed by atoms with Crippen LogP contribution in [0.25, 0.3) is 0 Å². The predicted octanol–water partition coefficient (Wildman–Crippen LogP) is -4.46. The van der Waals surface area contributed by atoms with Crippen LogP contribution >= 0.6 is 0 Å². The first-order valence-electron chi connectivity index (χ1n) is 3.44. The molecule has 0 saturated carbocycles. The molecule has 7 nitrogen and oxygen atoms in total. The molecule has 1 radical (unpaired) electrons. The molecule has 0 bridgehead atoms. The van der Waals surface area contributed by atoms with Crippen LogP contribution in [0.4, 0.5) is 0 Å². The van der Waals surface area contributed by atoms with Crippen LogP contribution in [0, 0.1) is 0 Å². The summed E-state index contributed by atoms with van der Waals surface area (Å²) in [5.74, 6) is -2.37. The maximum atomic E-state index is 9.84. The van der Waals surface area contributed by atoms with Crippen molar-refractivity contribution in [2.24, 2.45) is 0 Å². The molecule has 79 valence electrons. The molecule has 0 aliphatic carbocycles. The topological polar surface area (TPSA) is 133 Å². The summed E-state index contributed by atoms with van der Waals surface area (Å²) in [6.45, 7) is 0.294. The van der Waals surface area contributed by atoms with Gasteiger partial charge in [-0.2, -0.15) is 0 Å². The van der Waals surface area contributed by atoms with Crippen LogP contribution in [0.15, 0.2) is 0 Å². The third-order valence-corrected chi connectivity index (χ3v) is 1.02. The molecule has 0 heterocycles. The van der Waals surface area contributed by atoms with Gasteiger partial charge in [0.2, 0.25) is 0 Å². The van der Waals surface area contributed by atoms with E-state index in [1.165, 1.54) is 0 Å². The van der Waals surface area contributed by atoms with Crippen molar-refractivity contribution in [1.29, 1.82) is 0 Å². The Morgan fingerprint density at radius 1 is 0.929 bits per heavy atom. The van der Waals surface area contributed by atoms with Gasteiger partial charge in [0.1, 0.15) is 0 Å². The normalized spacial score (nSPS) is 8.29. The van der Waals surface area contributed by atoms with Crippen molar-refractivity contribution in [3.05, 3.63) is 0 Å². The minimum atomic E-state index is -1.19. The summed E-state index contributed by atoms with van der Waals surface area (Å²) in [5.41, 5.74) is 0. The predicted molar refractivity (Wildman–Crippen MR) is 36.4 cm³/mol. The van der Waals surface area contributed by atoms with Crippen molar-refractivity contribution < 1.29 is 43.8 Å². The standard InChI is InChI=1S/C6H12N2O4.O.V/c9-5(10)3-7-1-2-8-4-6(11)12;;/h7-8H,1-4H2,(H,9,10)(H,11,12);;/q;-2;+4/p-2. The molecule has 8 heteroatoms. The zero-order valence-electron chi connectivity index (χ0n) is 7.32. The third-order valence-electron chi connectivity index (χ3n) is 1.02. The first-order chi connectivity index (χ1) is 5.63. The van der Waals surface area contributed by atoms with Crippen molar-refractivity contribution in [2.45, 2.75) is 0 Å². The molecule has 0 aliphatic rings. The molecule has 0 saturated heterocycles. The number of hydrogen-bond donors (Lipinski definition) is 2. The van der Waals surface area contributed by atoms with E-state index >= 15 is 0 Å². The molecule has 0 aromatic heterocycles. The molecule has 0 atom stereocenters. The van der Waals surface area contributed by atoms with E-state index in [4.69, 9.17) is 0 Å². The van der Waals surface area contributed by atoms with Gasteiger partial charge in [0, 0.05) is 26.2 Å². The van der Waals surface area contributed by atoms with Crippen LogP contribution in [0.5, 0.6) is 0 Å². The molecule has 0 aliphatic heterocycles. The van der Waals surface area contributed by atoms with Crippen LogP contribution < -0.4 is 20.8 Å². The van der Waals surface area contributed by atoms with Gasteiger partial charge < -0.3 is 35.9 Å². The maximum Gasteiger partial charge on any atom is 4.00 e. The summed E-state index contributed by atoms with van der Waals surface area (Å²) in [4.78, 5) is 19.7. The average Bonchev–Trinajstić information content (AvgIpc) is 1.95. The number of carboxylic acid groups (broad SMARTS) is 2. The first-order valence-corrected chi connectivity index (χ1v) is 3.44. The Bertz CT molecular complexity index is 148. The number of nitrogens with one attached hydrogen (secondary N) is 2. The van der Waals surface area contributed by atoms with E-state index in [0.29, 0.717) is 13.1 Å². The van der Waals surface area contributed by atoms with Gasteiger partial charge in [-0.05, 0) is 0 Å². The van der Waals surface area contributed by atoms with Crippen molar-refractivity contribution in [3.63, 3.8) is 0 Å². The summed E-state index contributed by atoms with van der Waals surface area (Å²) in [6, 6.07) is 0. The smallest absolute Gasteiger partial charge is 2.00 e. The van der Waals surface area contributed by atoms with Gasteiger partial charge in [0.05, 0.1) is 11.9 Å². The summed E-state index contributed by atoms with van der Waals surface area (Å²) >= 11 is 0. The number of aliphatic carboxylic acids is 2. The molecule has 0 spiro atoms. The number of hydrogen-bond acceptors (Lipinski definition) is 6. The van der Waals surface area contributed by atoms with Gasteiger partial charge in [0.25, 0.3) is 0 Å². The number of carboxylic acids is 2. The Hall–Kier alpha value is -0.596. The largest absolute Gasteiger partial charge is 4.00 e. The van der Waals surface area contributed by atoms with Crippen LogP contribution in [0.1, 0.15) is 0 Å². The van der Waals surface area contributed by atoms with Gasteiger partial charge in [-0.1, -0.05) is 0 Å². The Morgan fingerprint density at radius 3 is 1.43 bits per heavy atom.